The van der Waals surface area contributed by atoms with E-state index in [0.717, 1.165) is 11.1 Å². The van der Waals surface area contributed by atoms with Gasteiger partial charge in [0.25, 0.3) is 0 Å². The molecule has 0 saturated carbocycles. The Balaban J connectivity index is 1.25. The standard InChI is InChI=1S/C32H25ClN4O5/c33-29-19-28-22(18-30(39)42-31(28)27-5-2-1-4-26(27)29)20-41-32(40)21-6-8-23(9-7-21)35-36-24-10-12-25(13-11-24)37(16-17-38)15-3-14-34/h1-2,4-13,18-19,38H,3,15-17,20H2. The molecule has 4 aromatic carbocycles. The number of esters is 1. The summed E-state index contributed by atoms with van der Waals surface area (Å²) in [6, 6.07) is 26.2. The van der Waals surface area contributed by atoms with Gasteiger partial charge in [0.1, 0.15) is 12.2 Å². The van der Waals surface area contributed by atoms with E-state index in [1.54, 1.807) is 42.5 Å². The van der Waals surface area contributed by atoms with Crippen molar-refractivity contribution in [3.8, 4) is 6.07 Å². The molecule has 0 spiro atoms. The molecule has 0 amide bonds. The summed E-state index contributed by atoms with van der Waals surface area (Å²) in [5.74, 6) is -0.564. The van der Waals surface area contributed by atoms with E-state index in [1.807, 2.05) is 41.3 Å². The highest BCUT2D eigenvalue weighted by molar-refractivity contribution is 6.37. The number of benzene rings is 4. The highest BCUT2D eigenvalue weighted by atomic mass is 35.5. The van der Waals surface area contributed by atoms with E-state index in [9.17, 15) is 14.7 Å². The monoisotopic (exact) mass is 580 g/mol. The molecular weight excluding hydrogens is 556 g/mol. The molecule has 210 valence electrons. The molecular formula is C32H25ClN4O5. The Morgan fingerprint density at radius 2 is 1.60 bits per heavy atom. The van der Waals surface area contributed by atoms with Gasteiger partial charge < -0.3 is 19.2 Å². The topological polar surface area (TPSA) is 128 Å². The summed E-state index contributed by atoms with van der Waals surface area (Å²) >= 11 is 6.47. The number of aliphatic hydroxyl groups excluding tert-OH is 1. The zero-order valence-corrected chi connectivity index (χ0v) is 23.1. The lowest BCUT2D eigenvalue weighted by atomic mass is 10.0. The summed E-state index contributed by atoms with van der Waals surface area (Å²) in [4.78, 5) is 27.0. The molecule has 0 saturated heterocycles. The molecule has 0 atom stereocenters. The lowest BCUT2D eigenvalue weighted by molar-refractivity contribution is 0.0474. The van der Waals surface area contributed by atoms with Crippen molar-refractivity contribution in [3.63, 3.8) is 0 Å². The van der Waals surface area contributed by atoms with Gasteiger partial charge in [-0.1, -0.05) is 35.9 Å². The molecule has 42 heavy (non-hydrogen) atoms. The van der Waals surface area contributed by atoms with Crippen molar-refractivity contribution in [2.75, 3.05) is 24.6 Å². The van der Waals surface area contributed by atoms with Gasteiger partial charge in [-0.25, -0.2) is 9.59 Å². The SMILES string of the molecule is N#CCCN(CCO)c1ccc(N=Nc2ccc(C(=O)OCc3cc(=O)oc4c3cc(Cl)c3ccccc34)cc2)cc1. The molecule has 0 aliphatic rings. The van der Waals surface area contributed by atoms with Crippen LogP contribution in [0.2, 0.25) is 5.02 Å². The third-order valence-electron chi connectivity index (χ3n) is 6.61. The normalized spacial score (nSPS) is 11.2. The summed E-state index contributed by atoms with van der Waals surface area (Å²) in [6.45, 7) is 0.804. The molecule has 0 aliphatic carbocycles. The van der Waals surface area contributed by atoms with Crippen LogP contribution in [-0.2, 0) is 11.3 Å². The van der Waals surface area contributed by atoms with Crippen LogP contribution in [0.5, 0.6) is 0 Å². The number of azo groups is 1. The van der Waals surface area contributed by atoms with Gasteiger partial charge >= 0.3 is 11.6 Å². The summed E-state index contributed by atoms with van der Waals surface area (Å²) in [6.07, 6.45) is 0.359. The van der Waals surface area contributed by atoms with Gasteiger partial charge in [0, 0.05) is 51.6 Å². The van der Waals surface area contributed by atoms with Crippen LogP contribution >= 0.6 is 11.6 Å². The lowest BCUT2D eigenvalue weighted by Gasteiger charge is -2.22. The smallest absolute Gasteiger partial charge is 0.338 e. The Bertz CT molecular complexity index is 1860. The highest BCUT2D eigenvalue weighted by Crippen LogP contribution is 2.33. The third-order valence-corrected chi connectivity index (χ3v) is 6.92. The Hall–Kier alpha value is -5.04. The van der Waals surface area contributed by atoms with Crippen LogP contribution in [0, 0.1) is 11.3 Å². The fourth-order valence-corrected chi connectivity index (χ4v) is 4.81. The second-order valence-electron chi connectivity index (χ2n) is 9.33. The highest BCUT2D eigenvalue weighted by Gasteiger charge is 2.14. The molecule has 1 aromatic heterocycles. The van der Waals surface area contributed by atoms with Crippen LogP contribution in [0.3, 0.4) is 0 Å². The predicted octanol–water partition coefficient (Wildman–Crippen LogP) is 7.08. The van der Waals surface area contributed by atoms with E-state index < -0.39 is 11.6 Å². The number of rotatable bonds is 10. The molecule has 5 rings (SSSR count). The van der Waals surface area contributed by atoms with Crippen LogP contribution in [-0.4, -0.2) is 30.8 Å². The molecule has 10 heteroatoms. The van der Waals surface area contributed by atoms with E-state index >= 15 is 0 Å². The van der Waals surface area contributed by atoms with Gasteiger partial charge in [-0.05, 0) is 54.6 Å². The van der Waals surface area contributed by atoms with Crippen molar-refractivity contribution in [2.24, 2.45) is 10.2 Å². The van der Waals surface area contributed by atoms with Gasteiger partial charge in [-0.2, -0.15) is 15.5 Å². The largest absolute Gasteiger partial charge is 0.457 e. The van der Waals surface area contributed by atoms with Gasteiger partial charge in [-0.15, -0.1) is 0 Å². The zero-order chi connectivity index (χ0) is 29.5. The second-order valence-corrected chi connectivity index (χ2v) is 9.74. The number of fused-ring (bicyclic) bond motifs is 3. The first-order chi connectivity index (χ1) is 20.5. The number of nitrogens with zero attached hydrogens (tertiary/aromatic N) is 4. The van der Waals surface area contributed by atoms with Gasteiger partial charge in [0.05, 0.1) is 36.0 Å². The summed E-state index contributed by atoms with van der Waals surface area (Å²) in [5.41, 5.74) is 2.69. The predicted molar refractivity (Wildman–Crippen MR) is 161 cm³/mol. The van der Waals surface area contributed by atoms with Gasteiger partial charge in [-0.3, -0.25) is 0 Å². The summed E-state index contributed by atoms with van der Waals surface area (Å²) in [7, 11) is 0. The average Bonchev–Trinajstić information content (AvgIpc) is 3.02. The minimum Gasteiger partial charge on any atom is -0.457 e. The van der Waals surface area contributed by atoms with Crippen LogP contribution in [0.4, 0.5) is 17.1 Å². The molecule has 5 aromatic rings. The van der Waals surface area contributed by atoms with E-state index in [4.69, 9.17) is 26.0 Å². The number of carbonyl (C=O) groups excluding carboxylic acids is 1. The fourth-order valence-electron chi connectivity index (χ4n) is 4.53. The molecule has 0 radical (unpaired) electrons. The Morgan fingerprint density at radius 1 is 0.929 bits per heavy atom. The Morgan fingerprint density at radius 3 is 2.26 bits per heavy atom. The minimum absolute atomic E-state index is 0.0107. The Kier molecular flexibility index (Phi) is 8.87. The number of aliphatic hydroxyl groups is 1. The lowest BCUT2D eigenvalue weighted by Crippen LogP contribution is -2.27. The number of hydrogen-bond donors (Lipinski definition) is 1. The number of carbonyl (C=O) groups is 1. The Labute approximate surface area is 245 Å². The van der Waals surface area contributed by atoms with Crippen molar-refractivity contribution in [2.45, 2.75) is 13.0 Å². The molecule has 1 N–H and O–H groups in total. The van der Waals surface area contributed by atoms with Crippen molar-refractivity contribution in [1.29, 1.82) is 5.26 Å². The number of halogens is 1. The number of nitriles is 1. The maximum atomic E-state index is 12.8. The molecule has 0 aliphatic heterocycles. The van der Waals surface area contributed by atoms with Gasteiger partial charge in [0.2, 0.25) is 0 Å². The molecule has 0 bridgehead atoms. The number of anilines is 1. The molecule has 9 nitrogen and oxygen atoms in total. The van der Waals surface area contributed by atoms with Crippen LogP contribution in [0.1, 0.15) is 22.3 Å². The van der Waals surface area contributed by atoms with Crippen LogP contribution < -0.4 is 10.5 Å². The van der Waals surface area contributed by atoms with Crippen molar-refractivity contribution >= 4 is 56.4 Å². The van der Waals surface area contributed by atoms with E-state index in [1.165, 1.54) is 6.07 Å². The third kappa shape index (κ3) is 6.47. The van der Waals surface area contributed by atoms with E-state index in [2.05, 4.69) is 16.3 Å². The van der Waals surface area contributed by atoms with E-state index in [-0.39, 0.29) is 13.2 Å². The van der Waals surface area contributed by atoms with Crippen molar-refractivity contribution in [1.82, 2.24) is 0 Å². The number of hydrogen-bond acceptors (Lipinski definition) is 9. The van der Waals surface area contributed by atoms with Crippen LogP contribution in [0.25, 0.3) is 21.7 Å². The molecule has 0 fully saturated rings. The van der Waals surface area contributed by atoms with Crippen molar-refractivity contribution in [3.05, 3.63) is 111 Å². The van der Waals surface area contributed by atoms with E-state index in [0.29, 0.717) is 63.4 Å². The quantitative estimate of drug-likeness (QED) is 0.0808. The zero-order valence-electron chi connectivity index (χ0n) is 22.4. The number of ether oxygens (including phenoxy) is 1. The first-order valence-corrected chi connectivity index (χ1v) is 13.5. The van der Waals surface area contributed by atoms with Crippen LogP contribution in [0.15, 0.2) is 104 Å². The average molecular weight is 581 g/mol. The summed E-state index contributed by atoms with van der Waals surface area (Å²) in [5, 5.41) is 29.1. The second kappa shape index (κ2) is 13.1. The van der Waals surface area contributed by atoms with Crippen molar-refractivity contribution < 1.29 is 19.1 Å². The fraction of sp³-hybridized carbons (Fsp3) is 0.156. The molecule has 1 heterocycles. The van der Waals surface area contributed by atoms with Gasteiger partial charge in [0.15, 0.2) is 0 Å². The maximum absolute atomic E-state index is 12.8. The summed E-state index contributed by atoms with van der Waals surface area (Å²) < 4.78 is 11.0. The first-order valence-electron chi connectivity index (χ1n) is 13.1. The maximum Gasteiger partial charge on any atom is 0.338 e. The first kappa shape index (κ1) is 28.5. The molecule has 0 unspecified atom stereocenters. The minimum atomic E-state index is -0.564.